The van der Waals surface area contributed by atoms with Gasteiger partial charge in [0.05, 0.1) is 23.5 Å². The van der Waals surface area contributed by atoms with E-state index in [1.807, 2.05) is 6.07 Å². The van der Waals surface area contributed by atoms with E-state index in [0.29, 0.717) is 17.0 Å². The first-order valence-electron chi connectivity index (χ1n) is 13.3. The van der Waals surface area contributed by atoms with E-state index in [1.54, 1.807) is 67.6 Å². The fourth-order valence-corrected chi connectivity index (χ4v) is 6.71. The summed E-state index contributed by atoms with van der Waals surface area (Å²) in [5, 5.41) is 11.7. The number of nitrogens with one attached hydrogen (secondary N) is 1. The fourth-order valence-electron chi connectivity index (χ4n) is 5.06. The summed E-state index contributed by atoms with van der Waals surface area (Å²) >= 11 is 0. The van der Waals surface area contributed by atoms with E-state index in [1.165, 1.54) is 28.6 Å². The maximum Gasteiger partial charge on any atom is 0.307 e. The molecule has 0 aromatic heterocycles. The van der Waals surface area contributed by atoms with Gasteiger partial charge in [0.15, 0.2) is 0 Å². The second-order valence-electron chi connectivity index (χ2n) is 9.99. The molecule has 2 N–H and O–H groups in total. The molecule has 1 heterocycles. The van der Waals surface area contributed by atoms with Crippen LogP contribution in [0.5, 0.6) is 5.75 Å². The highest BCUT2D eigenvalue weighted by Gasteiger charge is 2.42. The Morgan fingerprint density at radius 1 is 1.00 bits per heavy atom. The van der Waals surface area contributed by atoms with Crippen molar-refractivity contribution < 1.29 is 32.2 Å². The molecule has 10 heteroatoms. The average Bonchev–Trinajstić information content (AvgIpc) is 3.37. The Bertz CT molecular complexity index is 1720. The van der Waals surface area contributed by atoms with Crippen molar-refractivity contribution in [3.63, 3.8) is 0 Å². The molecule has 0 radical (unpaired) electrons. The van der Waals surface area contributed by atoms with Crippen molar-refractivity contribution in [1.29, 1.82) is 0 Å². The van der Waals surface area contributed by atoms with E-state index < -0.39 is 27.9 Å². The van der Waals surface area contributed by atoms with Crippen LogP contribution in [0.15, 0.2) is 95.9 Å². The molecule has 0 fully saturated rings. The number of anilines is 1. The van der Waals surface area contributed by atoms with E-state index in [2.05, 4.69) is 5.32 Å². The Morgan fingerprint density at radius 2 is 1.71 bits per heavy atom. The normalized spacial score (nSPS) is 14.3. The molecular weight excluding hydrogens is 559 g/mol. The zero-order valence-corrected chi connectivity index (χ0v) is 23.6. The van der Waals surface area contributed by atoms with Gasteiger partial charge in [0.2, 0.25) is 5.91 Å². The van der Waals surface area contributed by atoms with Crippen LogP contribution < -0.4 is 14.4 Å². The summed E-state index contributed by atoms with van der Waals surface area (Å²) in [6, 6.07) is 23.5. The Morgan fingerprint density at radius 3 is 2.40 bits per heavy atom. The van der Waals surface area contributed by atoms with Crippen LogP contribution in [0.25, 0.3) is 11.1 Å². The first kappa shape index (κ1) is 28.8. The van der Waals surface area contributed by atoms with Crippen molar-refractivity contribution in [2.45, 2.75) is 30.7 Å². The van der Waals surface area contributed by atoms with Crippen molar-refractivity contribution in [1.82, 2.24) is 5.32 Å². The first-order valence-corrected chi connectivity index (χ1v) is 14.8. The lowest BCUT2D eigenvalue weighted by Gasteiger charge is -2.26. The van der Waals surface area contributed by atoms with Gasteiger partial charge < -0.3 is 15.2 Å². The van der Waals surface area contributed by atoms with Gasteiger partial charge in [-0.05, 0) is 77.2 Å². The number of hydrogen-bond donors (Lipinski definition) is 2. The molecule has 1 atom stereocenters. The molecule has 0 bridgehead atoms. The number of ether oxygens (including phenoxy) is 1. The lowest BCUT2D eigenvalue weighted by molar-refractivity contribution is -0.136. The Balaban J connectivity index is 1.29. The molecule has 4 aromatic carbocycles. The zero-order valence-electron chi connectivity index (χ0n) is 22.8. The second-order valence-corrected chi connectivity index (χ2v) is 11.8. The maximum atomic E-state index is 13.9. The van der Waals surface area contributed by atoms with Crippen LogP contribution in [0.1, 0.15) is 16.7 Å². The predicted molar refractivity (Wildman–Crippen MR) is 156 cm³/mol. The fraction of sp³-hybridized carbons (Fsp3) is 0.188. The number of halogens is 1. The highest BCUT2D eigenvalue weighted by molar-refractivity contribution is 7.93. The average molecular weight is 589 g/mol. The molecule has 1 aliphatic rings. The van der Waals surface area contributed by atoms with Crippen molar-refractivity contribution in [2.24, 2.45) is 0 Å². The summed E-state index contributed by atoms with van der Waals surface area (Å²) in [4.78, 5) is 24.2. The monoisotopic (exact) mass is 588 g/mol. The van der Waals surface area contributed by atoms with Gasteiger partial charge in [0, 0.05) is 6.42 Å². The number of aryl methyl sites for hydroxylation is 1. The van der Waals surface area contributed by atoms with Crippen molar-refractivity contribution in [3.8, 4) is 16.9 Å². The van der Waals surface area contributed by atoms with E-state index >= 15 is 0 Å². The Labute approximate surface area is 243 Å². The zero-order chi connectivity index (χ0) is 29.9. The van der Waals surface area contributed by atoms with Crippen LogP contribution in [0, 0.1) is 12.7 Å². The topological polar surface area (TPSA) is 113 Å². The molecule has 4 aromatic rings. The van der Waals surface area contributed by atoms with Gasteiger partial charge in [-0.15, -0.1) is 0 Å². The Hall–Kier alpha value is -4.70. The SMILES string of the molecule is Cc1cc(F)ccc1-c1ccc(S(=O)(=O)N2c3ccccc3C[C@H]2C(=O)NCCOc2ccc(CC(=O)O)cc2)cc1. The van der Waals surface area contributed by atoms with Gasteiger partial charge >= 0.3 is 5.97 Å². The molecule has 216 valence electrons. The number of sulfonamides is 1. The minimum Gasteiger partial charge on any atom is -0.492 e. The van der Waals surface area contributed by atoms with E-state index in [0.717, 1.165) is 22.3 Å². The summed E-state index contributed by atoms with van der Waals surface area (Å²) in [5.74, 6) is -1.19. The van der Waals surface area contributed by atoms with Crippen LogP contribution >= 0.6 is 0 Å². The lowest BCUT2D eigenvalue weighted by atomic mass is 10.0. The number of rotatable bonds is 10. The first-order chi connectivity index (χ1) is 20.1. The molecule has 1 amide bonds. The molecule has 0 aliphatic carbocycles. The number of carboxylic acid groups (broad SMARTS) is 1. The number of aliphatic carboxylic acids is 1. The molecule has 0 spiro atoms. The van der Waals surface area contributed by atoms with Crippen LogP contribution in [-0.4, -0.2) is 44.6 Å². The maximum absolute atomic E-state index is 13.9. The van der Waals surface area contributed by atoms with Crippen LogP contribution in [0.2, 0.25) is 0 Å². The minimum absolute atomic E-state index is 0.0372. The molecule has 5 rings (SSSR count). The highest BCUT2D eigenvalue weighted by atomic mass is 32.2. The van der Waals surface area contributed by atoms with Crippen molar-refractivity contribution >= 4 is 27.6 Å². The molecule has 1 aliphatic heterocycles. The highest BCUT2D eigenvalue weighted by Crippen LogP contribution is 2.37. The number of carbonyl (C=O) groups is 2. The largest absolute Gasteiger partial charge is 0.492 e. The second kappa shape index (κ2) is 12.0. The number of carbonyl (C=O) groups excluding carboxylic acids is 1. The summed E-state index contributed by atoms with van der Waals surface area (Å²) < 4.78 is 48.2. The van der Waals surface area contributed by atoms with Gasteiger partial charge in [0.1, 0.15) is 24.2 Å². The number of amides is 1. The summed E-state index contributed by atoms with van der Waals surface area (Å²) in [7, 11) is -4.11. The third-order valence-electron chi connectivity index (χ3n) is 7.09. The number of fused-ring (bicyclic) bond motifs is 1. The number of carboxylic acids is 1. The van der Waals surface area contributed by atoms with Crippen LogP contribution in [-0.2, 0) is 32.5 Å². The number of hydrogen-bond acceptors (Lipinski definition) is 5. The van der Waals surface area contributed by atoms with Crippen molar-refractivity contribution in [2.75, 3.05) is 17.5 Å². The van der Waals surface area contributed by atoms with Crippen LogP contribution in [0.4, 0.5) is 10.1 Å². The van der Waals surface area contributed by atoms with Gasteiger partial charge in [0.25, 0.3) is 10.0 Å². The minimum atomic E-state index is -4.11. The van der Waals surface area contributed by atoms with Crippen LogP contribution in [0.3, 0.4) is 0 Å². The van der Waals surface area contributed by atoms with Gasteiger partial charge in [-0.1, -0.05) is 48.5 Å². The van der Waals surface area contributed by atoms with E-state index in [-0.39, 0.29) is 36.7 Å². The predicted octanol–water partition coefficient (Wildman–Crippen LogP) is 4.74. The third kappa shape index (κ3) is 6.13. The van der Waals surface area contributed by atoms with E-state index in [4.69, 9.17) is 9.84 Å². The molecular formula is C32H29FN2O6S. The molecule has 0 saturated heterocycles. The molecule has 0 saturated carbocycles. The molecule has 8 nitrogen and oxygen atoms in total. The number of para-hydroxylation sites is 1. The van der Waals surface area contributed by atoms with Gasteiger partial charge in [-0.25, -0.2) is 12.8 Å². The van der Waals surface area contributed by atoms with E-state index in [9.17, 15) is 22.4 Å². The standard InChI is InChI=1S/C32H29FN2O6S/c1-21-18-25(33)10-15-28(21)23-8-13-27(14-9-23)42(39,40)35-29-5-3-2-4-24(29)20-30(35)32(38)34-16-17-41-26-11-6-22(7-12-26)19-31(36)37/h2-15,18,30H,16-17,19-20H2,1H3,(H,34,38)(H,36,37)/t30-/m0/s1. The summed E-state index contributed by atoms with van der Waals surface area (Å²) in [6.45, 7) is 2.07. The third-order valence-corrected chi connectivity index (χ3v) is 8.92. The van der Waals surface area contributed by atoms with Gasteiger partial charge in [-0.3, -0.25) is 13.9 Å². The van der Waals surface area contributed by atoms with Crippen molar-refractivity contribution in [3.05, 3.63) is 114 Å². The summed E-state index contributed by atoms with van der Waals surface area (Å²) in [6.07, 6.45) is 0.136. The summed E-state index contributed by atoms with van der Waals surface area (Å²) in [5.41, 5.74) is 4.12. The molecule has 0 unspecified atom stereocenters. The Kier molecular flexibility index (Phi) is 8.26. The quantitative estimate of drug-likeness (QED) is 0.259. The van der Waals surface area contributed by atoms with Gasteiger partial charge in [-0.2, -0.15) is 0 Å². The lowest BCUT2D eigenvalue weighted by Crippen LogP contribution is -2.48. The smallest absolute Gasteiger partial charge is 0.307 e. The number of nitrogens with zero attached hydrogens (tertiary/aromatic N) is 1. The number of benzene rings is 4. The molecule has 42 heavy (non-hydrogen) atoms.